The predicted molar refractivity (Wildman–Crippen MR) is 179 cm³/mol. The Balaban J connectivity index is 3.57. The van der Waals surface area contributed by atoms with Crippen molar-refractivity contribution >= 4 is 5.97 Å². The molecule has 0 aliphatic rings. The molecule has 40 heavy (non-hydrogen) atoms. The summed E-state index contributed by atoms with van der Waals surface area (Å²) in [4.78, 5) is 12.0. The SMILES string of the molecule is CCCCCCCCC=CCCCCCCCC(=O)OCC=C(C)CCCC(C)CCCC(C)CCCC(C)C. The largest absolute Gasteiger partial charge is 0.461 e. The molecule has 0 N–H and O–H groups in total. The molecule has 0 saturated heterocycles. The van der Waals surface area contributed by atoms with Crippen LogP contribution in [0.2, 0.25) is 0 Å². The van der Waals surface area contributed by atoms with Gasteiger partial charge in [0.15, 0.2) is 0 Å². The van der Waals surface area contributed by atoms with Gasteiger partial charge in [-0.05, 0) is 75.7 Å². The monoisotopic (exact) mass is 561 g/mol. The summed E-state index contributed by atoms with van der Waals surface area (Å²) in [5.74, 6) is 2.52. The molecule has 0 heterocycles. The summed E-state index contributed by atoms with van der Waals surface area (Å²) in [5, 5.41) is 0. The number of hydrogen-bond acceptors (Lipinski definition) is 2. The van der Waals surface area contributed by atoms with Crippen molar-refractivity contribution in [1.82, 2.24) is 0 Å². The predicted octanol–water partition coefficient (Wildman–Crippen LogP) is 13.0. The van der Waals surface area contributed by atoms with Crippen molar-refractivity contribution in [2.24, 2.45) is 17.8 Å². The first-order chi connectivity index (χ1) is 19.3. The topological polar surface area (TPSA) is 26.3 Å². The normalized spacial score (nSPS) is 13.8. The lowest BCUT2D eigenvalue weighted by Gasteiger charge is -2.15. The lowest BCUT2D eigenvalue weighted by Crippen LogP contribution is -2.04. The van der Waals surface area contributed by atoms with Crippen molar-refractivity contribution in [2.45, 2.75) is 189 Å². The number of esters is 1. The number of carbonyl (C=O) groups excluding carboxylic acids is 1. The summed E-state index contributed by atoms with van der Waals surface area (Å²) >= 11 is 0. The van der Waals surface area contributed by atoms with E-state index in [1.165, 1.54) is 128 Å². The zero-order valence-electron chi connectivity index (χ0n) is 28.3. The highest BCUT2D eigenvalue weighted by Gasteiger charge is 2.07. The molecule has 2 atom stereocenters. The minimum absolute atomic E-state index is 0.0336. The van der Waals surface area contributed by atoms with E-state index in [2.05, 4.69) is 59.8 Å². The van der Waals surface area contributed by atoms with Crippen LogP contribution in [0.3, 0.4) is 0 Å². The first kappa shape index (κ1) is 39.0. The Morgan fingerprint density at radius 2 is 1.10 bits per heavy atom. The van der Waals surface area contributed by atoms with Crippen molar-refractivity contribution in [3.05, 3.63) is 23.8 Å². The Kier molecular flexibility index (Phi) is 28.7. The van der Waals surface area contributed by atoms with Crippen molar-refractivity contribution in [3.63, 3.8) is 0 Å². The van der Waals surface area contributed by atoms with E-state index in [1.807, 2.05) is 0 Å². The van der Waals surface area contributed by atoms with Gasteiger partial charge >= 0.3 is 5.97 Å². The quantitative estimate of drug-likeness (QED) is 0.0516. The molecule has 0 aromatic carbocycles. The average Bonchev–Trinajstić information content (AvgIpc) is 2.90. The van der Waals surface area contributed by atoms with Gasteiger partial charge in [0.05, 0.1) is 0 Å². The van der Waals surface area contributed by atoms with Gasteiger partial charge in [-0.1, -0.05) is 149 Å². The zero-order valence-corrected chi connectivity index (χ0v) is 28.3. The van der Waals surface area contributed by atoms with Crippen molar-refractivity contribution in [3.8, 4) is 0 Å². The van der Waals surface area contributed by atoms with Crippen LogP contribution < -0.4 is 0 Å². The fraction of sp³-hybridized carbons (Fsp3) is 0.868. The fourth-order valence-corrected chi connectivity index (χ4v) is 5.50. The van der Waals surface area contributed by atoms with Gasteiger partial charge in [0.25, 0.3) is 0 Å². The lowest BCUT2D eigenvalue weighted by molar-refractivity contribution is -0.142. The van der Waals surface area contributed by atoms with E-state index < -0.39 is 0 Å². The Labute approximate surface area is 252 Å². The minimum atomic E-state index is -0.0336. The summed E-state index contributed by atoms with van der Waals surface area (Å²) < 4.78 is 5.45. The van der Waals surface area contributed by atoms with E-state index in [9.17, 15) is 4.79 Å². The fourth-order valence-electron chi connectivity index (χ4n) is 5.50. The highest BCUT2D eigenvalue weighted by Crippen LogP contribution is 2.22. The molecule has 0 aromatic rings. The summed E-state index contributed by atoms with van der Waals surface area (Å²) in [7, 11) is 0. The summed E-state index contributed by atoms with van der Waals surface area (Å²) in [5.41, 5.74) is 1.36. The second kappa shape index (κ2) is 29.4. The van der Waals surface area contributed by atoms with E-state index in [1.54, 1.807) is 0 Å². The molecule has 0 saturated carbocycles. The van der Waals surface area contributed by atoms with Crippen molar-refractivity contribution in [2.75, 3.05) is 6.61 Å². The third kappa shape index (κ3) is 29.9. The maximum absolute atomic E-state index is 12.0. The van der Waals surface area contributed by atoms with Gasteiger partial charge in [-0.3, -0.25) is 4.79 Å². The van der Waals surface area contributed by atoms with E-state index >= 15 is 0 Å². The van der Waals surface area contributed by atoms with Crippen LogP contribution in [0.15, 0.2) is 23.8 Å². The number of hydrogen-bond donors (Lipinski definition) is 0. The molecule has 0 aliphatic carbocycles. The number of allylic oxidation sites excluding steroid dienone is 3. The molecule has 0 amide bonds. The van der Waals surface area contributed by atoms with Crippen LogP contribution in [0, 0.1) is 17.8 Å². The Bertz CT molecular complexity index is 603. The van der Waals surface area contributed by atoms with Gasteiger partial charge in [-0.2, -0.15) is 0 Å². The van der Waals surface area contributed by atoms with Gasteiger partial charge in [-0.25, -0.2) is 0 Å². The highest BCUT2D eigenvalue weighted by molar-refractivity contribution is 5.69. The number of rotatable bonds is 29. The van der Waals surface area contributed by atoms with Crippen LogP contribution in [0.4, 0.5) is 0 Å². The maximum atomic E-state index is 12.0. The van der Waals surface area contributed by atoms with E-state index in [4.69, 9.17) is 4.74 Å². The van der Waals surface area contributed by atoms with Crippen molar-refractivity contribution < 1.29 is 9.53 Å². The van der Waals surface area contributed by atoms with Crippen LogP contribution in [0.25, 0.3) is 0 Å². The van der Waals surface area contributed by atoms with Crippen LogP contribution in [0.5, 0.6) is 0 Å². The molecule has 0 aliphatic heterocycles. The standard InChI is InChI=1S/C38H72O2/c1-7-8-9-10-11-12-13-14-15-16-17-18-19-20-21-31-38(39)40-33-32-37(6)30-24-29-36(5)28-23-27-35(4)26-22-25-34(2)3/h14-15,32,34-36H,7-13,16-31,33H2,1-6H3. The van der Waals surface area contributed by atoms with E-state index in [-0.39, 0.29) is 5.97 Å². The van der Waals surface area contributed by atoms with Gasteiger partial charge in [0.2, 0.25) is 0 Å². The van der Waals surface area contributed by atoms with Gasteiger partial charge < -0.3 is 4.74 Å². The van der Waals surface area contributed by atoms with Crippen LogP contribution in [-0.2, 0) is 9.53 Å². The number of unbranched alkanes of at least 4 members (excludes halogenated alkanes) is 11. The molecule has 0 spiro atoms. The lowest BCUT2D eigenvalue weighted by atomic mass is 9.91. The molecule has 2 heteroatoms. The molecular formula is C38H72O2. The Hall–Kier alpha value is -1.05. The smallest absolute Gasteiger partial charge is 0.306 e. The average molecular weight is 561 g/mol. The van der Waals surface area contributed by atoms with E-state index in [0.717, 1.165) is 37.0 Å². The molecular weight excluding hydrogens is 488 g/mol. The third-order valence-electron chi connectivity index (χ3n) is 8.46. The zero-order chi connectivity index (χ0) is 29.7. The highest BCUT2D eigenvalue weighted by atomic mass is 16.5. The van der Waals surface area contributed by atoms with Gasteiger partial charge in [0.1, 0.15) is 6.61 Å². The summed E-state index contributed by atoms with van der Waals surface area (Å²) in [6, 6.07) is 0. The molecule has 0 fully saturated rings. The van der Waals surface area contributed by atoms with Gasteiger partial charge in [0, 0.05) is 6.42 Å². The molecule has 0 bridgehead atoms. The van der Waals surface area contributed by atoms with Crippen molar-refractivity contribution in [1.29, 1.82) is 0 Å². The molecule has 0 radical (unpaired) electrons. The second-order valence-electron chi connectivity index (χ2n) is 13.4. The van der Waals surface area contributed by atoms with E-state index in [0.29, 0.717) is 13.0 Å². The molecule has 2 unspecified atom stereocenters. The number of carbonyl (C=O) groups is 1. The second-order valence-corrected chi connectivity index (χ2v) is 13.4. The maximum Gasteiger partial charge on any atom is 0.306 e. The third-order valence-corrected chi connectivity index (χ3v) is 8.46. The van der Waals surface area contributed by atoms with Crippen LogP contribution >= 0.6 is 0 Å². The Morgan fingerprint density at radius 1 is 0.600 bits per heavy atom. The first-order valence-electron chi connectivity index (χ1n) is 17.8. The molecule has 2 nitrogen and oxygen atoms in total. The summed E-state index contributed by atoms with van der Waals surface area (Å²) in [6.45, 7) is 14.4. The first-order valence-corrected chi connectivity index (χ1v) is 17.8. The molecule has 0 rings (SSSR count). The van der Waals surface area contributed by atoms with Crippen LogP contribution in [0.1, 0.15) is 189 Å². The van der Waals surface area contributed by atoms with Crippen LogP contribution in [-0.4, -0.2) is 12.6 Å². The van der Waals surface area contributed by atoms with Gasteiger partial charge in [-0.15, -0.1) is 0 Å². The summed E-state index contributed by atoms with van der Waals surface area (Å²) in [6.07, 6.45) is 36.1. The Morgan fingerprint density at radius 3 is 1.68 bits per heavy atom. The minimum Gasteiger partial charge on any atom is -0.461 e. The number of ether oxygens (including phenoxy) is 1. The molecule has 236 valence electrons. The molecule has 0 aromatic heterocycles.